The van der Waals surface area contributed by atoms with Gasteiger partial charge >= 0.3 is 0 Å². The summed E-state index contributed by atoms with van der Waals surface area (Å²) in [6.45, 7) is 4.16. The third-order valence-corrected chi connectivity index (χ3v) is 5.94. The minimum absolute atomic E-state index is 0.00998. The molecule has 1 aliphatic heterocycles. The van der Waals surface area contributed by atoms with Crippen LogP contribution in [-0.2, 0) is 4.79 Å². The molecule has 1 amide bonds. The van der Waals surface area contributed by atoms with E-state index in [1.165, 1.54) is 6.07 Å². The number of nitro benzene ring substituents is 1. The highest BCUT2D eigenvalue weighted by Gasteiger charge is 2.36. The van der Waals surface area contributed by atoms with Gasteiger partial charge in [0.25, 0.3) is 5.69 Å². The summed E-state index contributed by atoms with van der Waals surface area (Å²) in [5, 5.41) is 15.1. The SMILES string of the molecule is C=CCN(c1ccccc1)C(C(=O)NC1CCCCC1)c1cc2c(cc1[N+](=O)[O-])OCO2. The fourth-order valence-corrected chi connectivity index (χ4v) is 4.42. The van der Waals surface area contributed by atoms with Gasteiger partial charge in [0.15, 0.2) is 11.5 Å². The lowest BCUT2D eigenvalue weighted by atomic mass is 9.94. The van der Waals surface area contributed by atoms with Crippen molar-refractivity contribution in [2.75, 3.05) is 18.2 Å². The lowest BCUT2D eigenvalue weighted by Crippen LogP contribution is -2.45. The van der Waals surface area contributed by atoms with Crippen molar-refractivity contribution in [2.24, 2.45) is 0 Å². The Kier molecular flexibility index (Phi) is 6.58. The third kappa shape index (κ3) is 4.54. The van der Waals surface area contributed by atoms with Gasteiger partial charge in [-0.2, -0.15) is 0 Å². The van der Waals surface area contributed by atoms with Gasteiger partial charge in [0.1, 0.15) is 6.04 Å². The molecular formula is C24H27N3O5. The van der Waals surface area contributed by atoms with Gasteiger partial charge in [0, 0.05) is 18.3 Å². The van der Waals surface area contributed by atoms with E-state index in [4.69, 9.17) is 9.47 Å². The molecular weight excluding hydrogens is 410 g/mol. The lowest BCUT2D eigenvalue weighted by Gasteiger charge is -2.34. The van der Waals surface area contributed by atoms with Crippen LogP contribution < -0.4 is 19.7 Å². The van der Waals surface area contributed by atoms with Crippen LogP contribution in [0.1, 0.15) is 43.7 Å². The Labute approximate surface area is 187 Å². The van der Waals surface area contributed by atoms with Gasteiger partial charge in [0.05, 0.1) is 16.6 Å². The van der Waals surface area contributed by atoms with E-state index >= 15 is 0 Å². The second-order valence-corrected chi connectivity index (χ2v) is 8.04. The molecule has 0 bridgehead atoms. The van der Waals surface area contributed by atoms with Crippen molar-refractivity contribution < 1.29 is 19.2 Å². The highest BCUT2D eigenvalue weighted by molar-refractivity contribution is 5.88. The standard InChI is InChI=1S/C24H27N3O5/c1-2-13-26(18-11-7-4-8-12-18)23(24(28)25-17-9-5-3-6-10-17)19-14-21-22(32-16-31-21)15-20(19)27(29)30/h2,4,7-8,11-12,14-15,17,23H,1,3,5-6,9-10,13,16H2,(H,25,28). The van der Waals surface area contributed by atoms with E-state index in [0.29, 0.717) is 18.0 Å². The molecule has 0 saturated heterocycles. The van der Waals surface area contributed by atoms with Gasteiger partial charge in [-0.1, -0.05) is 43.5 Å². The molecule has 1 saturated carbocycles. The Morgan fingerprint density at radius 2 is 1.88 bits per heavy atom. The van der Waals surface area contributed by atoms with Crippen LogP contribution in [-0.4, -0.2) is 30.2 Å². The molecule has 2 aromatic carbocycles. The molecule has 1 atom stereocenters. The number of nitrogens with one attached hydrogen (secondary N) is 1. The Hall–Kier alpha value is -3.55. The number of rotatable bonds is 8. The number of nitrogens with zero attached hydrogens (tertiary/aromatic N) is 2. The van der Waals surface area contributed by atoms with E-state index in [2.05, 4.69) is 11.9 Å². The zero-order valence-electron chi connectivity index (χ0n) is 17.9. The first kappa shape index (κ1) is 21.7. The maximum Gasteiger partial charge on any atom is 0.279 e. The number of para-hydroxylation sites is 1. The summed E-state index contributed by atoms with van der Waals surface area (Å²) in [5.41, 5.74) is 0.851. The zero-order chi connectivity index (χ0) is 22.5. The summed E-state index contributed by atoms with van der Waals surface area (Å²) in [4.78, 5) is 27.0. The Bertz CT molecular complexity index is 989. The summed E-state index contributed by atoms with van der Waals surface area (Å²) in [6.07, 6.45) is 6.80. The molecule has 32 heavy (non-hydrogen) atoms. The van der Waals surface area contributed by atoms with Crippen LogP contribution in [0.25, 0.3) is 0 Å². The summed E-state index contributed by atoms with van der Waals surface area (Å²) in [5.74, 6) is 0.430. The van der Waals surface area contributed by atoms with Gasteiger partial charge in [-0.15, -0.1) is 6.58 Å². The number of nitro groups is 1. The maximum atomic E-state index is 13.7. The maximum absolute atomic E-state index is 13.7. The number of amides is 1. The lowest BCUT2D eigenvalue weighted by molar-refractivity contribution is -0.385. The number of hydrogen-bond acceptors (Lipinski definition) is 6. The molecule has 8 heteroatoms. The smallest absolute Gasteiger partial charge is 0.279 e. The van der Waals surface area contributed by atoms with E-state index < -0.39 is 11.0 Å². The molecule has 168 valence electrons. The summed E-state index contributed by atoms with van der Waals surface area (Å²) >= 11 is 0. The average molecular weight is 437 g/mol. The fourth-order valence-electron chi connectivity index (χ4n) is 4.42. The second-order valence-electron chi connectivity index (χ2n) is 8.04. The molecule has 1 unspecified atom stereocenters. The van der Waals surface area contributed by atoms with Crippen LogP contribution in [0.15, 0.2) is 55.1 Å². The van der Waals surface area contributed by atoms with Crippen LogP contribution in [0, 0.1) is 10.1 Å². The average Bonchev–Trinajstić information content (AvgIpc) is 3.27. The fraction of sp³-hybridized carbons (Fsp3) is 0.375. The first-order valence-electron chi connectivity index (χ1n) is 10.9. The largest absolute Gasteiger partial charge is 0.454 e. The molecule has 1 N–H and O–H groups in total. The zero-order valence-corrected chi connectivity index (χ0v) is 17.9. The van der Waals surface area contributed by atoms with E-state index in [0.717, 1.165) is 37.8 Å². The number of benzene rings is 2. The van der Waals surface area contributed by atoms with Crippen LogP contribution in [0.2, 0.25) is 0 Å². The van der Waals surface area contributed by atoms with Gasteiger partial charge in [-0.05, 0) is 31.0 Å². The topological polar surface area (TPSA) is 93.9 Å². The Morgan fingerprint density at radius 1 is 1.19 bits per heavy atom. The quantitative estimate of drug-likeness (QED) is 0.371. The van der Waals surface area contributed by atoms with Crippen molar-refractivity contribution in [3.63, 3.8) is 0 Å². The van der Waals surface area contributed by atoms with E-state index in [-0.39, 0.29) is 30.0 Å². The molecule has 0 spiro atoms. The van der Waals surface area contributed by atoms with Crippen molar-refractivity contribution in [1.82, 2.24) is 5.32 Å². The minimum Gasteiger partial charge on any atom is -0.454 e. The van der Waals surface area contributed by atoms with Crippen molar-refractivity contribution in [2.45, 2.75) is 44.2 Å². The molecule has 1 fully saturated rings. The van der Waals surface area contributed by atoms with Crippen LogP contribution in [0.3, 0.4) is 0 Å². The molecule has 2 aromatic rings. The first-order chi connectivity index (χ1) is 15.6. The number of hydrogen-bond donors (Lipinski definition) is 1. The van der Waals surface area contributed by atoms with E-state index in [1.54, 1.807) is 12.1 Å². The second kappa shape index (κ2) is 9.72. The number of anilines is 1. The van der Waals surface area contributed by atoms with Crippen LogP contribution >= 0.6 is 0 Å². The first-order valence-corrected chi connectivity index (χ1v) is 10.9. The Balaban J connectivity index is 1.80. The van der Waals surface area contributed by atoms with Crippen molar-refractivity contribution in [3.8, 4) is 11.5 Å². The molecule has 1 aliphatic carbocycles. The predicted octanol–water partition coefficient (Wildman–Crippen LogP) is 4.51. The molecule has 0 aromatic heterocycles. The molecule has 4 rings (SSSR count). The summed E-state index contributed by atoms with van der Waals surface area (Å²) in [6, 6.07) is 11.4. The molecule has 0 radical (unpaired) electrons. The normalized spacial score (nSPS) is 16.2. The van der Waals surface area contributed by atoms with Crippen LogP contribution in [0.4, 0.5) is 11.4 Å². The van der Waals surface area contributed by atoms with Gasteiger partial charge in [-0.3, -0.25) is 14.9 Å². The van der Waals surface area contributed by atoms with Crippen LogP contribution in [0.5, 0.6) is 11.5 Å². The number of carbonyl (C=O) groups is 1. The molecule has 8 nitrogen and oxygen atoms in total. The van der Waals surface area contributed by atoms with Gasteiger partial charge < -0.3 is 19.7 Å². The highest BCUT2D eigenvalue weighted by Crippen LogP contribution is 2.42. The molecule has 1 heterocycles. The monoisotopic (exact) mass is 437 g/mol. The van der Waals surface area contributed by atoms with E-state index in [9.17, 15) is 14.9 Å². The predicted molar refractivity (Wildman–Crippen MR) is 121 cm³/mol. The Morgan fingerprint density at radius 3 is 2.53 bits per heavy atom. The van der Waals surface area contributed by atoms with Crippen molar-refractivity contribution in [1.29, 1.82) is 0 Å². The summed E-state index contributed by atoms with van der Waals surface area (Å²) < 4.78 is 10.8. The molecule has 2 aliphatic rings. The summed E-state index contributed by atoms with van der Waals surface area (Å²) in [7, 11) is 0. The van der Waals surface area contributed by atoms with E-state index in [1.807, 2.05) is 35.2 Å². The third-order valence-electron chi connectivity index (χ3n) is 5.94. The number of ether oxygens (including phenoxy) is 2. The highest BCUT2D eigenvalue weighted by atomic mass is 16.7. The van der Waals surface area contributed by atoms with Gasteiger partial charge in [0.2, 0.25) is 12.7 Å². The van der Waals surface area contributed by atoms with Crippen molar-refractivity contribution in [3.05, 3.63) is 70.8 Å². The number of carbonyl (C=O) groups excluding carboxylic acids is 1. The van der Waals surface area contributed by atoms with Gasteiger partial charge in [-0.25, -0.2) is 0 Å². The van der Waals surface area contributed by atoms with Crippen molar-refractivity contribution >= 4 is 17.3 Å². The number of fused-ring (bicyclic) bond motifs is 1. The minimum atomic E-state index is -0.938.